The van der Waals surface area contributed by atoms with E-state index in [2.05, 4.69) is 43.0 Å². The van der Waals surface area contributed by atoms with Crippen LogP contribution in [-0.4, -0.2) is 56.0 Å². The van der Waals surface area contributed by atoms with Crippen molar-refractivity contribution in [3.63, 3.8) is 0 Å². The number of guanidine groups is 1. The van der Waals surface area contributed by atoms with E-state index in [0.29, 0.717) is 4.75 Å². The van der Waals surface area contributed by atoms with Crippen molar-refractivity contribution in [3.05, 3.63) is 42.1 Å². The van der Waals surface area contributed by atoms with Crippen LogP contribution in [0.25, 0.3) is 5.82 Å². The maximum Gasteiger partial charge on any atom is 0.193 e. The van der Waals surface area contributed by atoms with E-state index < -0.39 is 0 Å². The fourth-order valence-electron chi connectivity index (χ4n) is 4.32. The maximum absolute atomic E-state index is 4.59. The topological polar surface area (TPSA) is 58.3 Å². The molecule has 0 radical (unpaired) electrons. The van der Waals surface area contributed by atoms with E-state index in [-0.39, 0.29) is 0 Å². The summed E-state index contributed by atoms with van der Waals surface area (Å²) in [7, 11) is 1.89. The largest absolute Gasteiger partial charge is 0.352 e. The van der Waals surface area contributed by atoms with Crippen molar-refractivity contribution in [1.29, 1.82) is 0 Å². The zero-order chi connectivity index (χ0) is 19.4. The molecule has 3 heterocycles. The van der Waals surface area contributed by atoms with E-state index in [1.807, 2.05) is 37.0 Å². The van der Waals surface area contributed by atoms with Gasteiger partial charge >= 0.3 is 0 Å². The number of hydrogen-bond acceptors (Lipinski definition) is 4. The summed E-state index contributed by atoms with van der Waals surface area (Å²) in [5.41, 5.74) is 1.15. The molecule has 2 aromatic rings. The molecule has 0 unspecified atom stereocenters. The minimum Gasteiger partial charge on any atom is -0.352 e. The molecular weight excluding hydrogens is 368 g/mol. The number of aliphatic imine (C=N–C) groups is 1. The summed E-state index contributed by atoms with van der Waals surface area (Å²) in [6.07, 6.45) is 12.5. The SMILES string of the molecule is CN=C(NCc1ccc(-n2ccnc2C)nc1)N1CCSC2(CCCCC2)C1. The number of imidazole rings is 1. The molecule has 7 heteroatoms. The second kappa shape index (κ2) is 8.55. The molecule has 2 fully saturated rings. The van der Waals surface area contributed by atoms with Crippen LogP contribution >= 0.6 is 11.8 Å². The van der Waals surface area contributed by atoms with Crippen molar-refractivity contribution >= 4 is 17.7 Å². The van der Waals surface area contributed by atoms with Crippen LogP contribution in [0.3, 0.4) is 0 Å². The second-order valence-corrected chi connectivity index (χ2v) is 9.35. The molecule has 150 valence electrons. The minimum atomic E-state index is 0.444. The van der Waals surface area contributed by atoms with Crippen molar-refractivity contribution < 1.29 is 0 Å². The van der Waals surface area contributed by atoms with Gasteiger partial charge in [0.05, 0.1) is 0 Å². The molecule has 0 amide bonds. The highest BCUT2D eigenvalue weighted by atomic mass is 32.2. The molecule has 2 aliphatic rings. The third kappa shape index (κ3) is 4.19. The first-order valence-corrected chi connectivity index (χ1v) is 11.2. The Morgan fingerprint density at radius 1 is 1.25 bits per heavy atom. The first-order valence-electron chi connectivity index (χ1n) is 10.2. The minimum absolute atomic E-state index is 0.444. The first kappa shape index (κ1) is 19.3. The number of nitrogens with one attached hydrogen (secondary N) is 1. The van der Waals surface area contributed by atoms with Crippen molar-refractivity contribution in [1.82, 2.24) is 24.8 Å². The van der Waals surface area contributed by atoms with Crippen LogP contribution in [-0.2, 0) is 6.54 Å². The second-order valence-electron chi connectivity index (χ2n) is 7.78. The molecule has 0 aromatic carbocycles. The van der Waals surface area contributed by atoms with Crippen molar-refractivity contribution in [2.75, 3.05) is 25.9 Å². The van der Waals surface area contributed by atoms with Gasteiger partial charge in [-0.05, 0) is 31.4 Å². The summed E-state index contributed by atoms with van der Waals surface area (Å²) >= 11 is 2.19. The van der Waals surface area contributed by atoms with Gasteiger partial charge in [0, 0.05) is 55.8 Å². The van der Waals surface area contributed by atoms with Crippen molar-refractivity contribution in [3.8, 4) is 5.82 Å². The Kier molecular flexibility index (Phi) is 5.90. The average Bonchev–Trinajstić information content (AvgIpc) is 3.15. The third-order valence-electron chi connectivity index (χ3n) is 5.86. The number of aryl methyl sites for hydroxylation is 1. The van der Waals surface area contributed by atoms with Gasteiger partial charge in [-0.1, -0.05) is 25.3 Å². The lowest BCUT2D eigenvalue weighted by Crippen LogP contribution is -2.53. The van der Waals surface area contributed by atoms with Crippen LogP contribution in [0, 0.1) is 6.92 Å². The zero-order valence-corrected chi connectivity index (χ0v) is 17.7. The number of thioether (sulfide) groups is 1. The standard InChI is InChI=1S/C21H30N6S/c1-17-23-10-11-27(17)19-7-6-18(14-24-19)15-25-20(22-2)26-12-13-28-21(16-26)8-4-3-5-9-21/h6-7,10-11,14H,3-5,8-9,12-13,15-16H2,1-2H3,(H,22,25). The van der Waals surface area contributed by atoms with Gasteiger partial charge in [-0.2, -0.15) is 11.8 Å². The molecule has 1 N–H and O–H groups in total. The van der Waals surface area contributed by atoms with Crippen LogP contribution in [0.1, 0.15) is 43.5 Å². The molecule has 0 atom stereocenters. The van der Waals surface area contributed by atoms with Gasteiger partial charge in [-0.3, -0.25) is 9.56 Å². The molecule has 1 saturated heterocycles. The van der Waals surface area contributed by atoms with E-state index in [9.17, 15) is 0 Å². The van der Waals surface area contributed by atoms with E-state index in [4.69, 9.17) is 0 Å². The molecule has 1 saturated carbocycles. The predicted molar refractivity (Wildman–Crippen MR) is 116 cm³/mol. The number of nitrogens with zero attached hydrogens (tertiary/aromatic N) is 5. The van der Waals surface area contributed by atoms with Crippen LogP contribution in [0.5, 0.6) is 0 Å². The Balaban J connectivity index is 1.37. The normalized spacial score (nSPS) is 19.8. The molecule has 2 aromatic heterocycles. The lowest BCUT2D eigenvalue weighted by Gasteiger charge is -2.45. The molecule has 1 spiro atoms. The summed E-state index contributed by atoms with van der Waals surface area (Å²) in [5, 5.41) is 3.55. The first-order chi connectivity index (χ1) is 13.7. The molecule has 1 aliphatic carbocycles. The molecule has 4 rings (SSSR count). The molecule has 28 heavy (non-hydrogen) atoms. The quantitative estimate of drug-likeness (QED) is 0.634. The number of aromatic nitrogens is 3. The van der Waals surface area contributed by atoms with Crippen LogP contribution in [0.2, 0.25) is 0 Å². The van der Waals surface area contributed by atoms with Gasteiger partial charge in [0.2, 0.25) is 0 Å². The highest BCUT2D eigenvalue weighted by Gasteiger charge is 2.38. The predicted octanol–water partition coefficient (Wildman–Crippen LogP) is 3.40. The summed E-state index contributed by atoms with van der Waals surface area (Å²) in [6.45, 7) is 4.91. The Labute approximate surface area is 171 Å². The lowest BCUT2D eigenvalue weighted by atomic mass is 9.87. The van der Waals surface area contributed by atoms with Gasteiger partial charge in [-0.15, -0.1) is 0 Å². The van der Waals surface area contributed by atoms with Gasteiger partial charge in [-0.25, -0.2) is 9.97 Å². The number of pyridine rings is 1. The summed E-state index contributed by atoms with van der Waals surface area (Å²) in [6, 6.07) is 4.17. The van der Waals surface area contributed by atoms with Crippen molar-refractivity contribution in [2.45, 2.75) is 50.3 Å². The molecule has 6 nitrogen and oxygen atoms in total. The third-order valence-corrected chi connectivity index (χ3v) is 7.39. The summed E-state index contributed by atoms with van der Waals surface area (Å²) < 4.78 is 2.44. The van der Waals surface area contributed by atoms with Crippen LogP contribution in [0.15, 0.2) is 35.7 Å². The Bertz CT molecular complexity index is 801. The molecule has 0 bridgehead atoms. The van der Waals surface area contributed by atoms with E-state index in [1.165, 1.54) is 37.9 Å². The van der Waals surface area contributed by atoms with Gasteiger partial charge in [0.15, 0.2) is 5.96 Å². The monoisotopic (exact) mass is 398 g/mol. The van der Waals surface area contributed by atoms with Gasteiger partial charge in [0.1, 0.15) is 11.6 Å². The van der Waals surface area contributed by atoms with E-state index in [0.717, 1.165) is 42.8 Å². The Morgan fingerprint density at radius 3 is 2.79 bits per heavy atom. The molecule has 1 aliphatic heterocycles. The Hall–Kier alpha value is -2.02. The maximum atomic E-state index is 4.59. The fourth-order valence-corrected chi connectivity index (χ4v) is 5.89. The summed E-state index contributed by atoms with van der Waals surface area (Å²) in [4.78, 5) is 15.9. The van der Waals surface area contributed by atoms with E-state index in [1.54, 1.807) is 6.20 Å². The lowest BCUT2D eigenvalue weighted by molar-refractivity contribution is 0.293. The number of hydrogen-bond donors (Lipinski definition) is 1. The Morgan fingerprint density at radius 2 is 2.11 bits per heavy atom. The molecular formula is C21H30N6S. The zero-order valence-electron chi connectivity index (χ0n) is 16.9. The highest BCUT2D eigenvalue weighted by Crippen LogP contribution is 2.42. The van der Waals surface area contributed by atoms with Gasteiger partial charge in [0.25, 0.3) is 0 Å². The summed E-state index contributed by atoms with van der Waals surface area (Å²) in [5.74, 6) is 4.05. The highest BCUT2D eigenvalue weighted by molar-refractivity contribution is 8.00. The van der Waals surface area contributed by atoms with Gasteiger partial charge < -0.3 is 10.2 Å². The smallest absolute Gasteiger partial charge is 0.193 e. The van der Waals surface area contributed by atoms with Crippen molar-refractivity contribution in [2.24, 2.45) is 4.99 Å². The number of rotatable bonds is 3. The van der Waals surface area contributed by atoms with Crippen LogP contribution in [0.4, 0.5) is 0 Å². The van der Waals surface area contributed by atoms with Crippen LogP contribution < -0.4 is 5.32 Å². The van der Waals surface area contributed by atoms with E-state index >= 15 is 0 Å². The average molecular weight is 399 g/mol. The fraction of sp³-hybridized carbons (Fsp3) is 0.571.